The maximum absolute atomic E-state index is 13.8. The molecule has 0 heterocycles. The van der Waals surface area contributed by atoms with Crippen molar-refractivity contribution in [2.75, 3.05) is 0 Å². The molecule has 288 valence electrons. The molecular formula is C39H42ClF7N2O4. The van der Waals surface area contributed by atoms with Gasteiger partial charge in [0.25, 0.3) is 11.8 Å². The van der Waals surface area contributed by atoms with Gasteiger partial charge in [0.15, 0.2) is 23.3 Å². The summed E-state index contributed by atoms with van der Waals surface area (Å²) in [5, 5.41) is 0.00715. The summed E-state index contributed by atoms with van der Waals surface area (Å²) in [5.41, 5.74) is 3.60. The number of alkyl halides is 3. The molecule has 1 fully saturated rings. The molecule has 0 spiro atoms. The van der Waals surface area contributed by atoms with Crippen molar-refractivity contribution in [1.29, 1.82) is 0 Å². The van der Waals surface area contributed by atoms with Crippen molar-refractivity contribution in [3.63, 3.8) is 0 Å². The molecule has 0 aliphatic heterocycles. The van der Waals surface area contributed by atoms with Gasteiger partial charge in [-0.25, -0.2) is 22.6 Å². The summed E-state index contributed by atoms with van der Waals surface area (Å²) in [4.78, 5) is 37.8. The van der Waals surface area contributed by atoms with Crippen LogP contribution in [0, 0.1) is 61.3 Å². The Balaban J connectivity index is 0.000000286. The number of allylic oxidation sites excluding steroid dienone is 2. The van der Waals surface area contributed by atoms with E-state index < -0.39 is 81.0 Å². The second kappa shape index (κ2) is 16.3. The lowest BCUT2D eigenvalue weighted by atomic mass is 10.0. The molecule has 0 aromatic heterocycles. The lowest BCUT2D eigenvalue weighted by molar-refractivity contribution is -0.147. The molecular weight excluding hydrogens is 729 g/mol. The van der Waals surface area contributed by atoms with Crippen LogP contribution in [0.3, 0.4) is 0 Å². The van der Waals surface area contributed by atoms with Crippen molar-refractivity contribution < 1.29 is 49.9 Å². The third kappa shape index (κ3) is 10.2. The molecule has 0 saturated heterocycles. The summed E-state index contributed by atoms with van der Waals surface area (Å²) in [5.74, 6) is -10.2. The molecule has 3 aromatic rings. The number of nitrogens with zero attached hydrogens (tertiary/aromatic N) is 1. The Morgan fingerprint density at radius 1 is 0.868 bits per heavy atom. The Bertz CT molecular complexity index is 1850. The second-order valence-corrected chi connectivity index (χ2v) is 14.9. The molecule has 1 N–H and O–H groups in total. The van der Waals surface area contributed by atoms with Gasteiger partial charge in [-0.3, -0.25) is 19.8 Å². The Morgan fingerprint density at radius 3 is 1.83 bits per heavy atom. The van der Waals surface area contributed by atoms with E-state index in [0.29, 0.717) is 17.2 Å². The van der Waals surface area contributed by atoms with Crippen molar-refractivity contribution in [2.45, 2.75) is 87.1 Å². The lowest BCUT2D eigenvalue weighted by Crippen LogP contribution is -2.55. The number of aryl methyl sites for hydroxylation is 3. The number of nitrogens with one attached hydrogen (secondary N) is 1. The summed E-state index contributed by atoms with van der Waals surface area (Å²) < 4.78 is 96.8. The standard InChI is InChI=1S/C22H28N2O2.C17H14ClF7O2/c1-7-17-8-10-18(11-9-17)20(25)23-24(22(4,5)6)21(26)19-13-15(2)12-16(3)14-19;1-6-11(19)13(21)7(14(22)12(6)20)5-27-15(26)10-8(16(10,2)3)4-9(18)17(23,24)25/h8-14H,7H2,1-6H3,(H,23,25);4,8,10H,5H2,1-3H3/b;9-4-. The fourth-order valence-corrected chi connectivity index (χ4v) is 5.78. The van der Waals surface area contributed by atoms with Crippen molar-refractivity contribution in [1.82, 2.24) is 10.4 Å². The maximum atomic E-state index is 13.8. The van der Waals surface area contributed by atoms with E-state index in [4.69, 9.17) is 16.3 Å². The van der Waals surface area contributed by atoms with Gasteiger partial charge in [-0.1, -0.05) is 67.8 Å². The first-order chi connectivity index (χ1) is 24.3. The predicted octanol–water partition coefficient (Wildman–Crippen LogP) is 10.0. The largest absolute Gasteiger partial charge is 0.460 e. The van der Waals surface area contributed by atoms with Crippen LogP contribution >= 0.6 is 11.6 Å². The van der Waals surface area contributed by atoms with E-state index in [1.165, 1.54) is 24.4 Å². The first kappa shape index (κ1) is 43.0. The first-order valence-electron chi connectivity index (χ1n) is 16.6. The van der Waals surface area contributed by atoms with Crippen LogP contribution in [-0.4, -0.2) is 34.5 Å². The molecule has 2 atom stereocenters. The third-order valence-electron chi connectivity index (χ3n) is 8.87. The third-order valence-corrected chi connectivity index (χ3v) is 9.21. The van der Waals surface area contributed by atoms with Gasteiger partial charge in [-0.05, 0) is 89.1 Å². The van der Waals surface area contributed by atoms with Gasteiger partial charge in [-0.2, -0.15) is 13.2 Å². The average molecular weight is 771 g/mol. The van der Waals surface area contributed by atoms with Crippen molar-refractivity contribution in [2.24, 2.45) is 17.3 Å². The summed E-state index contributed by atoms with van der Waals surface area (Å²) >= 11 is 5.15. The second-order valence-electron chi connectivity index (χ2n) is 14.5. The topological polar surface area (TPSA) is 75.7 Å². The highest BCUT2D eigenvalue weighted by atomic mass is 35.5. The maximum Gasteiger partial charge on any atom is 0.426 e. The number of hydrogen-bond acceptors (Lipinski definition) is 4. The van der Waals surface area contributed by atoms with E-state index in [2.05, 4.69) is 12.3 Å². The van der Waals surface area contributed by atoms with E-state index in [1.807, 2.05) is 65.0 Å². The quantitative estimate of drug-likeness (QED) is 0.112. The number of carbonyl (C=O) groups excluding carboxylic acids is 3. The van der Waals surface area contributed by atoms with Crippen LogP contribution in [0.1, 0.15) is 90.1 Å². The summed E-state index contributed by atoms with van der Waals surface area (Å²) in [6.45, 7) is 14.4. The van der Waals surface area contributed by atoms with Crippen molar-refractivity contribution >= 4 is 29.4 Å². The van der Waals surface area contributed by atoms with Crippen LogP contribution in [0.15, 0.2) is 53.6 Å². The van der Waals surface area contributed by atoms with Crippen LogP contribution in [-0.2, 0) is 22.6 Å². The van der Waals surface area contributed by atoms with Gasteiger partial charge >= 0.3 is 12.1 Å². The van der Waals surface area contributed by atoms with Crippen LogP contribution in [0.25, 0.3) is 0 Å². The number of hydrogen-bond donors (Lipinski definition) is 1. The SMILES string of the molecule is CCc1ccc(C(=O)NN(C(=O)c2cc(C)cc(C)c2)C(C)(C)C)cc1.Cc1c(F)c(F)c(COC(=O)C2C(/C=C(\Cl)C(F)(F)F)C2(C)C)c(F)c1F. The van der Waals surface area contributed by atoms with Gasteiger partial charge in [0, 0.05) is 16.7 Å². The molecule has 4 rings (SSSR count). The number of halogens is 8. The number of amides is 2. The van der Waals surface area contributed by atoms with Gasteiger partial charge < -0.3 is 4.74 Å². The minimum absolute atomic E-state index is 0.220. The van der Waals surface area contributed by atoms with Crippen molar-refractivity contribution in [3.05, 3.63) is 116 Å². The zero-order valence-corrected chi connectivity index (χ0v) is 31.5. The number of benzene rings is 3. The number of rotatable bonds is 7. The zero-order valence-electron chi connectivity index (χ0n) is 30.8. The van der Waals surface area contributed by atoms with Crippen LogP contribution < -0.4 is 5.43 Å². The highest BCUT2D eigenvalue weighted by Crippen LogP contribution is 2.60. The Hall–Kier alpha value is -4.39. The van der Waals surface area contributed by atoms with E-state index in [-0.39, 0.29) is 11.8 Å². The van der Waals surface area contributed by atoms with E-state index >= 15 is 0 Å². The fraction of sp³-hybridized carbons (Fsp3) is 0.410. The monoisotopic (exact) mass is 770 g/mol. The molecule has 2 unspecified atom stereocenters. The normalized spacial score (nSPS) is 16.7. The zero-order chi connectivity index (χ0) is 40.4. The lowest BCUT2D eigenvalue weighted by Gasteiger charge is -2.35. The minimum atomic E-state index is -4.78. The molecule has 53 heavy (non-hydrogen) atoms. The molecule has 1 saturated carbocycles. The first-order valence-corrected chi connectivity index (χ1v) is 17.0. The molecule has 6 nitrogen and oxygen atoms in total. The highest BCUT2D eigenvalue weighted by molar-refractivity contribution is 6.30. The van der Waals surface area contributed by atoms with E-state index in [1.54, 1.807) is 12.1 Å². The van der Waals surface area contributed by atoms with Crippen LogP contribution in [0.4, 0.5) is 30.7 Å². The van der Waals surface area contributed by atoms with Crippen LogP contribution in [0.5, 0.6) is 0 Å². The Labute approximate surface area is 309 Å². The van der Waals surface area contributed by atoms with Gasteiger partial charge in [0.2, 0.25) is 0 Å². The summed E-state index contributed by atoms with van der Waals surface area (Å²) in [6, 6.07) is 13.1. The minimum Gasteiger partial charge on any atom is -0.460 e. The molecule has 14 heteroatoms. The molecule has 3 aromatic carbocycles. The van der Waals surface area contributed by atoms with E-state index in [0.717, 1.165) is 24.5 Å². The Kier molecular flexibility index (Phi) is 13.2. The average Bonchev–Trinajstić information content (AvgIpc) is 3.62. The summed E-state index contributed by atoms with van der Waals surface area (Å²) in [6.07, 6.45) is -3.20. The molecule has 0 bridgehead atoms. The van der Waals surface area contributed by atoms with Crippen LogP contribution in [0.2, 0.25) is 0 Å². The highest BCUT2D eigenvalue weighted by Gasteiger charge is 2.62. The van der Waals surface area contributed by atoms with E-state index in [9.17, 15) is 45.1 Å². The van der Waals surface area contributed by atoms with Gasteiger partial charge in [-0.15, -0.1) is 0 Å². The summed E-state index contributed by atoms with van der Waals surface area (Å²) in [7, 11) is 0. The van der Waals surface area contributed by atoms with Gasteiger partial charge in [0.1, 0.15) is 11.6 Å². The smallest absolute Gasteiger partial charge is 0.426 e. The molecule has 1 aliphatic carbocycles. The number of esters is 1. The predicted molar refractivity (Wildman–Crippen MR) is 187 cm³/mol. The number of carbonyl (C=O) groups is 3. The van der Waals surface area contributed by atoms with Crippen molar-refractivity contribution in [3.8, 4) is 0 Å². The fourth-order valence-electron chi connectivity index (χ4n) is 5.65. The number of hydrazine groups is 1. The molecule has 0 radical (unpaired) electrons. The van der Waals surface area contributed by atoms with Gasteiger partial charge in [0.05, 0.1) is 17.0 Å². The molecule has 2 amide bonds. The molecule has 1 aliphatic rings. The Morgan fingerprint density at radius 2 is 1.38 bits per heavy atom. The number of ether oxygens (including phenoxy) is 1.